The lowest BCUT2D eigenvalue weighted by Crippen LogP contribution is -2.17. The Labute approximate surface area is 382 Å². The molecule has 0 fully saturated rings. The van der Waals surface area contributed by atoms with E-state index in [4.69, 9.17) is 15.0 Å². The van der Waals surface area contributed by atoms with Gasteiger partial charge in [-0.1, -0.05) is 153 Å². The fourth-order valence-corrected chi connectivity index (χ4v) is 9.51. The van der Waals surface area contributed by atoms with Crippen LogP contribution < -0.4 is 0 Å². The fraction of sp³-hybridized carbons (Fsp3) is 0.237. The molecule has 3 aromatic heterocycles. The summed E-state index contributed by atoms with van der Waals surface area (Å²) < 4.78 is 4.51. The van der Waals surface area contributed by atoms with Crippen LogP contribution in [0, 0.1) is 13.8 Å². The Bertz CT molecular complexity index is 3490. The van der Waals surface area contributed by atoms with Crippen LogP contribution in [0.3, 0.4) is 0 Å². The van der Waals surface area contributed by atoms with Gasteiger partial charge in [0.2, 0.25) is 0 Å². The number of hydrogen-bond acceptors (Lipinski definition) is 4. The maximum absolute atomic E-state index is 12.5. The molecule has 65 heavy (non-hydrogen) atoms. The van der Waals surface area contributed by atoms with E-state index in [1.807, 2.05) is 6.07 Å². The molecule has 10 rings (SSSR count). The number of fused-ring (bicyclic) bond motifs is 6. The zero-order chi connectivity index (χ0) is 45.7. The molecule has 7 aromatic carbocycles. The third kappa shape index (κ3) is 7.07. The zero-order valence-corrected chi connectivity index (χ0v) is 39.5. The van der Waals surface area contributed by atoms with Crippen molar-refractivity contribution in [3.63, 3.8) is 0 Å². The minimum absolute atomic E-state index is 0.0768. The van der Waals surface area contributed by atoms with Gasteiger partial charge in [-0.05, 0) is 112 Å². The molecular weight excluding hydrogens is 795 g/mol. The first-order valence-electron chi connectivity index (χ1n) is 22.8. The molecule has 0 atom stereocenters. The lowest BCUT2D eigenvalue weighted by atomic mass is 9.79. The lowest BCUT2D eigenvalue weighted by molar-refractivity contribution is 0.446. The molecular formula is C59H57N5O. The molecule has 0 aliphatic carbocycles. The average Bonchev–Trinajstić information content (AvgIpc) is 3.85. The molecule has 324 valence electrons. The summed E-state index contributed by atoms with van der Waals surface area (Å²) in [5, 5.41) is 13.5. The van der Waals surface area contributed by atoms with Gasteiger partial charge in [0.25, 0.3) is 0 Å². The van der Waals surface area contributed by atoms with Gasteiger partial charge < -0.3 is 5.11 Å². The minimum Gasteiger partial charge on any atom is -0.507 e. The largest absolute Gasteiger partial charge is 0.507 e. The van der Waals surface area contributed by atoms with Crippen molar-refractivity contribution in [2.45, 2.75) is 92.4 Å². The zero-order valence-electron chi connectivity index (χ0n) is 39.5. The third-order valence-corrected chi connectivity index (χ3v) is 13.2. The summed E-state index contributed by atoms with van der Waals surface area (Å²) in [6.07, 6.45) is 0. The van der Waals surface area contributed by atoms with Crippen molar-refractivity contribution in [1.82, 2.24) is 23.9 Å². The summed E-state index contributed by atoms with van der Waals surface area (Å²) in [5.74, 6) is 1.82. The fourth-order valence-electron chi connectivity index (χ4n) is 9.51. The van der Waals surface area contributed by atoms with E-state index in [2.05, 4.69) is 219 Å². The second kappa shape index (κ2) is 15.0. The van der Waals surface area contributed by atoms with Crippen LogP contribution in [0.1, 0.15) is 90.1 Å². The van der Waals surface area contributed by atoms with Crippen molar-refractivity contribution in [3.05, 3.63) is 167 Å². The predicted molar refractivity (Wildman–Crippen MR) is 272 cm³/mol. The maximum atomic E-state index is 12.5. The van der Waals surface area contributed by atoms with Crippen LogP contribution in [0.15, 0.2) is 140 Å². The van der Waals surface area contributed by atoms with Gasteiger partial charge in [-0.25, -0.2) is 15.0 Å². The number of aromatic nitrogens is 5. The molecule has 0 unspecified atom stereocenters. The Morgan fingerprint density at radius 3 is 1.85 bits per heavy atom. The molecule has 1 N–H and O–H groups in total. The number of rotatable bonds is 5. The number of nitrogens with zero attached hydrogens (tertiary/aromatic N) is 5. The van der Waals surface area contributed by atoms with E-state index in [9.17, 15) is 5.11 Å². The van der Waals surface area contributed by atoms with Gasteiger partial charge in [-0.3, -0.25) is 8.97 Å². The molecule has 0 amide bonds. The highest BCUT2D eigenvalue weighted by molar-refractivity contribution is 6.03. The Hall–Kier alpha value is -7.05. The van der Waals surface area contributed by atoms with Crippen LogP contribution in [-0.4, -0.2) is 29.0 Å². The number of aryl methyl sites for hydroxylation is 2. The van der Waals surface area contributed by atoms with Gasteiger partial charge in [-0.15, -0.1) is 0 Å². The lowest BCUT2D eigenvalue weighted by Gasteiger charge is -2.28. The molecule has 6 nitrogen and oxygen atoms in total. The number of aromatic hydroxyl groups is 1. The van der Waals surface area contributed by atoms with Crippen molar-refractivity contribution < 1.29 is 5.11 Å². The highest BCUT2D eigenvalue weighted by Gasteiger charge is 2.30. The van der Waals surface area contributed by atoms with Crippen LogP contribution in [-0.2, 0) is 16.2 Å². The molecule has 0 aliphatic rings. The minimum atomic E-state index is -0.328. The van der Waals surface area contributed by atoms with Crippen molar-refractivity contribution in [1.29, 1.82) is 0 Å². The highest BCUT2D eigenvalue weighted by atomic mass is 16.3. The maximum Gasteiger partial charge on any atom is 0.149 e. The van der Waals surface area contributed by atoms with E-state index in [0.717, 1.165) is 89.1 Å². The van der Waals surface area contributed by atoms with Crippen molar-refractivity contribution >= 4 is 38.6 Å². The smallest absolute Gasteiger partial charge is 0.149 e. The summed E-state index contributed by atoms with van der Waals surface area (Å²) >= 11 is 0. The Balaban J connectivity index is 1.30. The molecule has 6 heteroatoms. The van der Waals surface area contributed by atoms with E-state index in [-0.39, 0.29) is 22.0 Å². The number of para-hydroxylation sites is 3. The van der Waals surface area contributed by atoms with Crippen molar-refractivity contribution in [2.24, 2.45) is 0 Å². The Morgan fingerprint density at radius 2 is 1.14 bits per heavy atom. The van der Waals surface area contributed by atoms with Gasteiger partial charge in [-0.2, -0.15) is 0 Å². The summed E-state index contributed by atoms with van der Waals surface area (Å²) in [4.78, 5) is 16.4. The first-order valence-corrected chi connectivity index (χ1v) is 22.8. The van der Waals surface area contributed by atoms with Crippen LogP contribution in [0.5, 0.6) is 5.75 Å². The summed E-state index contributed by atoms with van der Waals surface area (Å²) in [6, 6.07) is 49.5. The van der Waals surface area contributed by atoms with Crippen molar-refractivity contribution in [3.8, 4) is 56.5 Å². The number of benzene rings is 7. The topological polar surface area (TPSA) is 68.2 Å². The second-order valence-electron chi connectivity index (χ2n) is 20.9. The average molecular weight is 852 g/mol. The third-order valence-electron chi connectivity index (χ3n) is 13.2. The van der Waals surface area contributed by atoms with E-state index in [1.54, 1.807) is 0 Å². The summed E-state index contributed by atoms with van der Waals surface area (Å²) in [7, 11) is 0. The summed E-state index contributed by atoms with van der Waals surface area (Å²) in [6.45, 7) is 24.3. The monoisotopic (exact) mass is 851 g/mol. The van der Waals surface area contributed by atoms with Gasteiger partial charge in [0.1, 0.15) is 23.0 Å². The highest BCUT2D eigenvalue weighted by Crippen LogP contribution is 2.46. The Kier molecular flexibility index (Phi) is 9.69. The normalized spacial score (nSPS) is 12.6. The first kappa shape index (κ1) is 41.9. The van der Waals surface area contributed by atoms with E-state index >= 15 is 0 Å². The molecule has 0 bridgehead atoms. The molecule has 10 aromatic rings. The van der Waals surface area contributed by atoms with Crippen LogP contribution >= 0.6 is 0 Å². The standard InChI is InChI=1S/C59H57N5O/c1-35-19-17-20-36(2)51(35)56-60-46-29-27-38(31-43(46)54-61-47-24-15-16-25-49(47)64(54)56)41-23-18-26-50-52(41)62-55(44-33-40(58(6,7)8)34-45(53(44)65)59(9,10)11)63(50)48-30-28-39(57(3,4)5)32-42(48)37-21-13-12-14-22-37/h12-34,65H,1-11H3. The van der Waals surface area contributed by atoms with Crippen LogP contribution in [0.25, 0.3) is 89.3 Å². The van der Waals surface area contributed by atoms with Crippen LogP contribution in [0.2, 0.25) is 0 Å². The van der Waals surface area contributed by atoms with Gasteiger partial charge in [0.05, 0.1) is 38.8 Å². The number of phenols is 1. The van der Waals surface area contributed by atoms with Gasteiger partial charge >= 0.3 is 0 Å². The first-order chi connectivity index (χ1) is 30.9. The molecule has 0 spiro atoms. The van der Waals surface area contributed by atoms with Gasteiger partial charge in [0.15, 0.2) is 0 Å². The molecule has 3 heterocycles. The predicted octanol–water partition coefficient (Wildman–Crippen LogP) is 15.3. The van der Waals surface area contributed by atoms with Gasteiger partial charge in [0, 0.05) is 27.6 Å². The summed E-state index contributed by atoms with van der Waals surface area (Å²) in [5.41, 5.74) is 17.5. The number of phenolic OH excluding ortho intramolecular Hbond substituents is 1. The van der Waals surface area contributed by atoms with Crippen LogP contribution in [0.4, 0.5) is 0 Å². The van der Waals surface area contributed by atoms with Crippen molar-refractivity contribution in [2.75, 3.05) is 0 Å². The van der Waals surface area contributed by atoms with E-state index < -0.39 is 0 Å². The number of hydrogen-bond donors (Lipinski definition) is 1. The SMILES string of the molecule is Cc1cccc(C)c1-c1nc2ccc(-c3cccc4c3nc(-c3cc(C(C)(C)C)cc(C(C)(C)C)c3O)n4-c3ccc(C(C)(C)C)cc3-c3ccccc3)cc2c2nc3ccccc3n12. The number of imidazole rings is 2. The van der Waals surface area contributed by atoms with E-state index in [1.165, 1.54) is 16.7 Å². The Morgan fingerprint density at radius 1 is 0.477 bits per heavy atom. The molecule has 0 aliphatic heterocycles. The molecule has 0 saturated carbocycles. The molecule has 0 radical (unpaired) electrons. The van der Waals surface area contributed by atoms with E-state index in [0.29, 0.717) is 11.4 Å². The molecule has 0 saturated heterocycles. The second-order valence-corrected chi connectivity index (χ2v) is 20.9. The quantitative estimate of drug-likeness (QED) is 0.187.